The van der Waals surface area contributed by atoms with E-state index in [0.717, 1.165) is 16.6 Å². The van der Waals surface area contributed by atoms with Crippen LogP contribution in [0.1, 0.15) is 17.5 Å². The fourth-order valence-electron chi connectivity index (χ4n) is 2.36. The van der Waals surface area contributed by atoms with Crippen molar-refractivity contribution in [3.8, 4) is 11.8 Å². The highest BCUT2D eigenvalue weighted by molar-refractivity contribution is 7.09. The minimum Gasteiger partial charge on any atom is -0.376 e. The summed E-state index contributed by atoms with van der Waals surface area (Å²) in [6, 6.07) is 5.53. The molecule has 0 saturated carbocycles. The molecule has 0 bridgehead atoms. The molecule has 2 aromatic heterocycles. The van der Waals surface area contributed by atoms with Gasteiger partial charge in [0.2, 0.25) is 5.96 Å². The van der Waals surface area contributed by atoms with Crippen molar-refractivity contribution in [2.45, 2.75) is 12.5 Å². The topological polar surface area (TPSA) is 102 Å². The lowest BCUT2D eigenvalue weighted by Gasteiger charge is -2.11. The van der Waals surface area contributed by atoms with E-state index >= 15 is 0 Å². The lowest BCUT2D eigenvalue weighted by molar-refractivity contribution is 0.122. The van der Waals surface area contributed by atoms with E-state index in [1.807, 2.05) is 18.2 Å². The van der Waals surface area contributed by atoms with Crippen LogP contribution in [0.3, 0.4) is 0 Å². The third-order valence-corrected chi connectivity index (χ3v) is 4.61. The molecule has 0 fully saturated rings. The van der Waals surface area contributed by atoms with Crippen LogP contribution < -0.4 is 5.73 Å². The molecule has 1 unspecified atom stereocenters. The number of nitrogens with zero attached hydrogens (tertiary/aromatic N) is 5. The lowest BCUT2D eigenvalue weighted by atomic mass is 10.1. The summed E-state index contributed by atoms with van der Waals surface area (Å²) < 4.78 is 1.69. The van der Waals surface area contributed by atoms with Crippen LogP contribution in [0.4, 0.5) is 0 Å². The van der Waals surface area contributed by atoms with E-state index in [-0.39, 0.29) is 5.82 Å². The van der Waals surface area contributed by atoms with Crippen molar-refractivity contribution in [2.75, 3.05) is 0 Å². The van der Waals surface area contributed by atoms with Gasteiger partial charge in [0.15, 0.2) is 11.4 Å². The number of hydrogen-bond donors (Lipinski definition) is 2. The quantitative estimate of drug-likeness (QED) is 0.508. The maximum Gasteiger partial charge on any atom is 0.246 e. The summed E-state index contributed by atoms with van der Waals surface area (Å²) in [5.74, 6) is 8.99. The van der Waals surface area contributed by atoms with Gasteiger partial charge in [-0.3, -0.25) is 4.57 Å². The molecule has 26 heavy (non-hydrogen) atoms. The molecule has 3 N–H and O–H groups in total. The Kier molecular flexibility index (Phi) is 3.77. The summed E-state index contributed by atoms with van der Waals surface area (Å²) in [5.41, 5.74) is 9.17. The highest BCUT2D eigenvalue weighted by Crippen LogP contribution is 2.22. The third-order valence-electron chi connectivity index (χ3n) is 3.62. The molecule has 0 aliphatic carbocycles. The molecule has 3 heterocycles. The number of thiazole rings is 1. The molecule has 0 amide bonds. The summed E-state index contributed by atoms with van der Waals surface area (Å²) in [5, 5.41) is 12.8. The van der Waals surface area contributed by atoms with Crippen molar-refractivity contribution in [2.24, 2.45) is 15.7 Å². The maximum atomic E-state index is 10.5. The maximum absolute atomic E-state index is 10.5. The Balaban J connectivity index is 1.73. The molecule has 0 saturated heterocycles. The normalized spacial score (nSPS) is 15.2. The van der Waals surface area contributed by atoms with Gasteiger partial charge in [-0.25, -0.2) is 9.97 Å². The van der Waals surface area contributed by atoms with Gasteiger partial charge < -0.3 is 10.8 Å². The van der Waals surface area contributed by atoms with Crippen LogP contribution in [0.5, 0.6) is 0 Å². The van der Waals surface area contributed by atoms with E-state index in [2.05, 4.69) is 43.4 Å². The molecule has 7 nitrogen and oxygen atoms in total. The standard InChI is InChI=1S/C18H12N6OS/c1-18(25,16-20-8-9-26-16)6-4-12-2-3-13-14(10-12)24(11-22-13)17-21-7-5-15(19)23-17/h2-3,8-11,25H,1H3,(H2,19,21,23). The van der Waals surface area contributed by atoms with Crippen molar-refractivity contribution < 1.29 is 5.11 Å². The van der Waals surface area contributed by atoms with Gasteiger partial charge in [0, 0.05) is 23.0 Å². The molecule has 0 radical (unpaired) electrons. The van der Waals surface area contributed by atoms with E-state index in [1.165, 1.54) is 11.3 Å². The number of hydrogen-bond acceptors (Lipinski definition) is 7. The number of nitrogens with two attached hydrogens (primary N) is 1. The van der Waals surface area contributed by atoms with Crippen molar-refractivity contribution in [1.29, 1.82) is 0 Å². The number of benzene rings is 1. The average Bonchev–Trinajstić information content (AvgIpc) is 3.30. The zero-order valence-electron chi connectivity index (χ0n) is 13.6. The molecule has 1 aliphatic heterocycles. The Morgan fingerprint density at radius 2 is 2.23 bits per heavy atom. The Bertz CT molecular complexity index is 1190. The lowest BCUT2D eigenvalue weighted by Crippen LogP contribution is -2.17. The second kappa shape index (κ2) is 6.12. The van der Waals surface area contributed by atoms with Crippen molar-refractivity contribution in [3.63, 3.8) is 0 Å². The predicted molar refractivity (Wildman–Crippen MR) is 99.8 cm³/mol. The summed E-state index contributed by atoms with van der Waals surface area (Å²) in [6.07, 6.45) is 3.25. The first kappa shape index (κ1) is 16.0. The number of rotatable bonds is 1. The van der Waals surface area contributed by atoms with E-state index in [1.54, 1.807) is 29.4 Å². The van der Waals surface area contributed by atoms with Gasteiger partial charge in [0.1, 0.15) is 11.3 Å². The Morgan fingerprint density at radius 3 is 3.00 bits per heavy atom. The molecule has 1 atom stereocenters. The molecule has 0 spiro atoms. The van der Waals surface area contributed by atoms with E-state index in [9.17, 15) is 5.11 Å². The largest absolute Gasteiger partial charge is 0.376 e. The molecule has 1 aromatic carbocycles. The predicted octanol–water partition coefficient (Wildman–Crippen LogP) is 1.59. The first-order valence-electron chi connectivity index (χ1n) is 7.59. The van der Waals surface area contributed by atoms with Gasteiger partial charge in [-0.2, -0.15) is 9.98 Å². The fraction of sp³-hybridized carbons (Fsp3) is 0.111. The SMILES string of the molecule is CC(O)(C#Cc1ccc2ncn(C3=NC(N)=C=C=N3)c2c1)c1nccs1. The Hall–Kier alpha value is -3.46. The number of fused-ring (bicyclic) bond motifs is 1. The van der Waals surface area contributed by atoms with Crippen LogP contribution in [0.15, 0.2) is 57.6 Å². The number of imidazole rings is 1. The molecule has 3 aromatic rings. The number of aliphatic imine (C=N–C) groups is 2. The minimum absolute atomic E-state index is 0.201. The summed E-state index contributed by atoms with van der Waals surface area (Å²) in [6.45, 7) is 1.62. The molecular weight excluding hydrogens is 348 g/mol. The second-order valence-corrected chi connectivity index (χ2v) is 6.52. The van der Waals surface area contributed by atoms with Gasteiger partial charge in [0.05, 0.1) is 11.0 Å². The van der Waals surface area contributed by atoms with E-state index < -0.39 is 5.60 Å². The summed E-state index contributed by atoms with van der Waals surface area (Å²) in [7, 11) is 0. The fourth-order valence-corrected chi connectivity index (χ4v) is 3.01. The smallest absolute Gasteiger partial charge is 0.246 e. The third kappa shape index (κ3) is 2.95. The average molecular weight is 360 g/mol. The molecule has 1 aliphatic rings. The first-order chi connectivity index (χ1) is 12.5. The van der Waals surface area contributed by atoms with E-state index in [4.69, 9.17) is 5.73 Å². The van der Waals surface area contributed by atoms with Crippen LogP contribution in [0, 0.1) is 11.8 Å². The zero-order chi connectivity index (χ0) is 18.1. The molecule has 4 rings (SSSR count). The van der Waals surface area contributed by atoms with Gasteiger partial charge in [-0.1, -0.05) is 11.8 Å². The van der Waals surface area contributed by atoms with Crippen LogP contribution >= 0.6 is 11.3 Å². The Labute approximate surface area is 152 Å². The summed E-state index contributed by atoms with van der Waals surface area (Å²) in [4.78, 5) is 16.6. The van der Waals surface area contributed by atoms with Crippen LogP contribution in [0.25, 0.3) is 11.0 Å². The highest BCUT2D eigenvalue weighted by atomic mass is 32.1. The number of aliphatic hydroxyl groups is 1. The number of aromatic nitrogens is 3. The minimum atomic E-state index is -1.31. The van der Waals surface area contributed by atoms with Gasteiger partial charge >= 0.3 is 0 Å². The Morgan fingerprint density at radius 1 is 1.35 bits per heavy atom. The van der Waals surface area contributed by atoms with Gasteiger partial charge in [-0.15, -0.1) is 11.3 Å². The van der Waals surface area contributed by atoms with Crippen molar-refractivity contribution >= 4 is 34.2 Å². The van der Waals surface area contributed by atoms with Crippen molar-refractivity contribution in [1.82, 2.24) is 14.5 Å². The van der Waals surface area contributed by atoms with Crippen LogP contribution in [-0.2, 0) is 5.60 Å². The molecule has 8 heteroatoms. The van der Waals surface area contributed by atoms with E-state index in [0.29, 0.717) is 11.0 Å². The second-order valence-electron chi connectivity index (χ2n) is 5.62. The van der Waals surface area contributed by atoms with Gasteiger partial charge in [0.25, 0.3) is 0 Å². The van der Waals surface area contributed by atoms with Crippen molar-refractivity contribution in [3.05, 3.63) is 58.2 Å². The summed E-state index contributed by atoms with van der Waals surface area (Å²) >= 11 is 1.36. The highest BCUT2D eigenvalue weighted by Gasteiger charge is 2.22. The monoisotopic (exact) mass is 360 g/mol. The molecular formula is C18H12N6OS. The first-order valence-corrected chi connectivity index (χ1v) is 8.47. The van der Waals surface area contributed by atoms with Crippen LogP contribution in [0.2, 0.25) is 0 Å². The van der Waals surface area contributed by atoms with Crippen LogP contribution in [-0.4, -0.2) is 31.5 Å². The van der Waals surface area contributed by atoms with Gasteiger partial charge in [-0.05, 0) is 30.9 Å². The molecule has 126 valence electrons. The zero-order valence-corrected chi connectivity index (χ0v) is 14.4.